The molecule has 2 rings (SSSR count). The van der Waals surface area contributed by atoms with Gasteiger partial charge in [-0.1, -0.05) is 6.92 Å². The van der Waals surface area contributed by atoms with Crippen LogP contribution in [0.25, 0.3) is 0 Å². The first-order valence-corrected chi connectivity index (χ1v) is 8.13. The largest absolute Gasteiger partial charge is 0.494 e. The number of hydrogen-bond donors (Lipinski definition) is 2. The van der Waals surface area contributed by atoms with Crippen LogP contribution >= 0.6 is 0 Å². The van der Waals surface area contributed by atoms with Crippen LogP contribution in [0, 0.1) is 0 Å². The summed E-state index contributed by atoms with van der Waals surface area (Å²) >= 11 is 0. The molecule has 25 heavy (non-hydrogen) atoms. The van der Waals surface area contributed by atoms with Gasteiger partial charge in [-0.05, 0) is 61.9 Å². The second-order valence-corrected chi connectivity index (χ2v) is 5.37. The molecule has 0 saturated carbocycles. The first-order chi connectivity index (χ1) is 12.0. The lowest BCUT2D eigenvalue weighted by molar-refractivity contribution is -0.124. The molecule has 0 bridgehead atoms. The number of esters is 1. The zero-order chi connectivity index (χ0) is 18.2. The van der Waals surface area contributed by atoms with Crippen LogP contribution in [0.15, 0.2) is 48.5 Å². The smallest absolute Gasteiger partial charge is 0.338 e. The number of amides is 1. The number of carbonyl (C=O) groups excluding carboxylic acids is 2. The zero-order valence-corrected chi connectivity index (χ0v) is 14.3. The van der Waals surface area contributed by atoms with Crippen LogP contribution in [-0.2, 0) is 9.53 Å². The molecule has 1 amide bonds. The second-order valence-electron chi connectivity index (χ2n) is 5.37. The van der Waals surface area contributed by atoms with E-state index < -0.39 is 12.1 Å². The average molecular weight is 342 g/mol. The highest BCUT2D eigenvalue weighted by molar-refractivity contribution is 5.97. The summed E-state index contributed by atoms with van der Waals surface area (Å²) in [5.74, 6) is -0.216. The molecule has 1 unspecified atom stereocenters. The summed E-state index contributed by atoms with van der Waals surface area (Å²) in [6.07, 6.45) is -0.513. The summed E-state index contributed by atoms with van der Waals surface area (Å²) in [4.78, 5) is 24.5. The number of nitrogens with one attached hydrogen (secondary N) is 1. The quantitative estimate of drug-likeness (QED) is 0.595. The van der Waals surface area contributed by atoms with Crippen LogP contribution in [0.1, 0.15) is 30.6 Å². The number of rotatable bonds is 7. The fourth-order valence-electron chi connectivity index (χ4n) is 2.16. The van der Waals surface area contributed by atoms with Crippen molar-refractivity contribution in [2.75, 3.05) is 17.7 Å². The minimum absolute atomic E-state index is 0.349. The van der Waals surface area contributed by atoms with Crippen molar-refractivity contribution in [1.82, 2.24) is 0 Å². The third kappa shape index (κ3) is 5.24. The van der Waals surface area contributed by atoms with Gasteiger partial charge in [0.15, 0.2) is 6.10 Å². The van der Waals surface area contributed by atoms with Gasteiger partial charge in [0.05, 0.1) is 12.2 Å². The standard InChI is InChI=1S/C19H22N2O4/c1-3-17(25-19(23)13-5-7-14(20)8-6-13)18(22)21-15-9-11-16(12-10-15)24-4-2/h5-12,17H,3-4,20H2,1-2H3,(H,21,22). The molecule has 3 N–H and O–H groups in total. The Morgan fingerprint density at radius 2 is 1.68 bits per heavy atom. The monoisotopic (exact) mass is 342 g/mol. The summed E-state index contributed by atoms with van der Waals surface area (Å²) < 4.78 is 10.7. The topological polar surface area (TPSA) is 90.6 Å². The van der Waals surface area contributed by atoms with Gasteiger partial charge < -0.3 is 20.5 Å². The maximum absolute atomic E-state index is 12.3. The van der Waals surface area contributed by atoms with E-state index in [0.717, 1.165) is 5.75 Å². The Hall–Kier alpha value is -3.02. The Balaban J connectivity index is 1.97. The number of nitrogen functional groups attached to an aromatic ring is 1. The van der Waals surface area contributed by atoms with Crippen LogP contribution in [0.5, 0.6) is 5.75 Å². The van der Waals surface area contributed by atoms with E-state index in [0.29, 0.717) is 30.0 Å². The summed E-state index contributed by atoms with van der Waals surface area (Å²) in [7, 11) is 0. The zero-order valence-electron chi connectivity index (χ0n) is 14.3. The summed E-state index contributed by atoms with van der Waals surface area (Å²) in [5.41, 5.74) is 7.10. The van der Waals surface area contributed by atoms with Crippen molar-refractivity contribution in [1.29, 1.82) is 0 Å². The fourth-order valence-corrected chi connectivity index (χ4v) is 2.16. The summed E-state index contributed by atoms with van der Waals surface area (Å²) in [6, 6.07) is 13.3. The number of benzene rings is 2. The van der Waals surface area contributed by atoms with Crippen molar-refractivity contribution in [2.24, 2.45) is 0 Å². The Morgan fingerprint density at radius 3 is 2.24 bits per heavy atom. The van der Waals surface area contributed by atoms with E-state index in [-0.39, 0.29) is 5.91 Å². The summed E-state index contributed by atoms with van der Waals surface area (Å²) in [5, 5.41) is 2.74. The highest BCUT2D eigenvalue weighted by atomic mass is 16.5. The minimum atomic E-state index is -0.878. The fraction of sp³-hybridized carbons (Fsp3) is 0.263. The Kier molecular flexibility index (Phi) is 6.39. The number of hydrogen-bond acceptors (Lipinski definition) is 5. The van der Waals surface area contributed by atoms with E-state index in [4.69, 9.17) is 15.2 Å². The molecule has 0 aromatic heterocycles. The molecule has 2 aromatic carbocycles. The van der Waals surface area contributed by atoms with Gasteiger partial charge in [-0.15, -0.1) is 0 Å². The number of anilines is 2. The number of nitrogens with two attached hydrogens (primary N) is 1. The SMILES string of the molecule is CCOc1ccc(NC(=O)C(CC)OC(=O)c2ccc(N)cc2)cc1. The van der Waals surface area contributed by atoms with Crippen molar-refractivity contribution in [3.63, 3.8) is 0 Å². The van der Waals surface area contributed by atoms with Crippen LogP contribution in [0.3, 0.4) is 0 Å². The van der Waals surface area contributed by atoms with E-state index in [2.05, 4.69) is 5.32 Å². The van der Waals surface area contributed by atoms with Gasteiger partial charge in [0.25, 0.3) is 5.91 Å². The Labute approximate surface area is 146 Å². The van der Waals surface area contributed by atoms with Crippen LogP contribution < -0.4 is 15.8 Å². The molecule has 0 spiro atoms. The normalized spacial score (nSPS) is 11.4. The molecule has 0 radical (unpaired) electrons. The third-order valence-electron chi connectivity index (χ3n) is 3.49. The van der Waals surface area contributed by atoms with Gasteiger partial charge in [-0.2, -0.15) is 0 Å². The lowest BCUT2D eigenvalue weighted by atomic mass is 10.2. The summed E-state index contributed by atoms with van der Waals surface area (Å²) in [6.45, 7) is 4.25. The van der Waals surface area contributed by atoms with Gasteiger partial charge in [0.2, 0.25) is 0 Å². The van der Waals surface area contributed by atoms with Crippen molar-refractivity contribution in [2.45, 2.75) is 26.4 Å². The van der Waals surface area contributed by atoms with E-state index in [9.17, 15) is 9.59 Å². The first kappa shape index (κ1) is 18.3. The van der Waals surface area contributed by atoms with Crippen LogP contribution in [0.2, 0.25) is 0 Å². The predicted molar refractivity (Wildman–Crippen MR) is 96.6 cm³/mol. The maximum atomic E-state index is 12.3. The van der Waals surface area contributed by atoms with Gasteiger partial charge in [-0.3, -0.25) is 4.79 Å². The van der Waals surface area contributed by atoms with E-state index >= 15 is 0 Å². The average Bonchev–Trinajstić information content (AvgIpc) is 2.62. The lowest BCUT2D eigenvalue weighted by Crippen LogP contribution is -2.32. The number of ether oxygens (including phenoxy) is 2. The predicted octanol–water partition coefficient (Wildman–Crippen LogP) is 3.24. The number of carbonyl (C=O) groups is 2. The molecular weight excluding hydrogens is 320 g/mol. The highest BCUT2D eigenvalue weighted by Crippen LogP contribution is 2.17. The molecule has 2 aromatic rings. The van der Waals surface area contributed by atoms with E-state index in [1.807, 2.05) is 6.92 Å². The molecule has 1 atom stereocenters. The molecule has 132 valence electrons. The van der Waals surface area contributed by atoms with Crippen molar-refractivity contribution in [3.8, 4) is 5.75 Å². The first-order valence-electron chi connectivity index (χ1n) is 8.13. The van der Waals surface area contributed by atoms with Crippen molar-refractivity contribution >= 4 is 23.3 Å². The molecule has 0 saturated heterocycles. The van der Waals surface area contributed by atoms with E-state index in [1.54, 1.807) is 55.5 Å². The van der Waals surface area contributed by atoms with Crippen molar-refractivity contribution < 1.29 is 19.1 Å². The molecule has 0 aliphatic carbocycles. The molecule has 0 aliphatic heterocycles. The maximum Gasteiger partial charge on any atom is 0.338 e. The van der Waals surface area contributed by atoms with Gasteiger partial charge in [-0.25, -0.2) is 4.79 Å². The third-order valence-corrected chi connectivity index (χ3v) is 3.49. The Morgan fingerprint density at radius 1 is 1.04 bits per heavy atom. The van der Waals surface area contributed by atoms with Crippen LogP contribution in [0.4, 0.5) is 11.4 Å². The van der Waals surface area contributed by atoms with Gasteiger partial charge in [0, 0.05) is 11.4 Å². The molecule has 6 heteroatoms. The van der Waals surface area contributed by atoms with Gasteiger partial charge in [0.1, 0.15) is 5.75 Å². The molecule has 0 aliphatic rings. The lowest BCUT2D eigenvalue weighted by Gasteiger charge is -2.16. The van der Waals surface area contributed by atoms with Crippen LogP contribution in [-0.4, -0.2) is 24.6 Å². The molecule has 6 nitrogen and oxygen atoms in total. The Bertz CT molecular complexity index is 711. The van der Waals surface area contributed by atoms with E-state index in [1.165, 1.54) is 0 Å². The van der Waals surface area contributed by atoms with Gasteiger partial charge >= 0.3 is 5.97 Å². The molecule has 0 heterocycles. The molecular formula is C19H22N2O4. The second kappa shape index (κ2) is 8.73. The molecule has 0 fully saturated rings. The van der Waals surface area contributed by atoms with Crippen molar-refractivity contribution in [3.05, 3.63) is 54.1 Å². The minimum Gasteiger partial charge on any atom is -0.494 e. The highest BCUT2D eigenvalue weighted by Gasteiger charge is 2.22.